The highest BCUT2D eigenvalue weighted by Gasteiger charge is 2.31. The molecule has 0 bridgehead atoms. The van der Waals surface area contributed by atoms with Gasteiger partial charge in [0, 0.05) is 18.8 Å². The Hall–Kier alpha value is -2.11. The number of rotatable bonds is 3. The van der Waals surface area contributed by atoms with Crippen molar-refractivity contribution in [2.75, 3.05) is 6.54 Å². The highest BCUT2D eigenvalue weighted by molar-refractivity contribution is 5.92. The van der Waals surface area contributed by atoms with Crippen LogP contribution in [0.4, 0.5) is 0 Å². The van der Waals surface area contributed by atoms with Crippen LogP contribution in [0.2, 0.25) is 0 Å². The smallest absolute Gasteiger partial charge is 0.274 e. The highest BCUT2D eigenvalue weighted by Crippen LogP contribution is 2.32. The van der Waals surface area contributed by atoms with Crippen LogP contribution < -0.4 is 0 Å². The van der Waals surface area contributed by atoms with Crippen molar-refractivity contribution in [3.63, 3.8) is 0 Å². The number of piperidine rings is 1. The predicted molar refractivity (Wildman–Crippen MR) is 83.6 cm³/mol. The van der Waals surface area contributed by atoms with E-state index in [1.807, 2.05) is 42.6 Å². The average molecular weight is 301 g/mol. The van der Waals surface area contributed by atoms with Crippen LogP contribution in [0.1, 0.15) is 59.7 Å². The summed E-state index contributed by atoms with van der Waals surface area (Å²) in [6.45, 7) is 7.61. The summed E-state index contributed by atoms with van der Waals surface area (Å²) in [5, 5.41) is 11.6. The summed E-state index contributed by atoms with van der Waals surface area (Å²) in [5.41, 5.74) is 3.74. The lowest BCUT2D eigenvalue weighted by atomic mass is 9.97. The molecule has 1 N–H and O–H groups in total. The minimum absolute atomic E-state index is 0.0222. The zero-order chi connectivity index (χ0) is 15.7. The first-order valence-corrected chi connectivity index (χ1v) is 7.97. The normalized spacial score (nSPS) is 18.7. The molecule has 118 valence electrons. The lowest BCUT2D eigenvalue weighted by Crippen LogP contribution is -2.39. The quantitative estimate of drug-likeness (QED) is 0.947. The molecular formula is C16H23N5O. The number of aryl methyl sites for hydroxylation is 3. The van der Waals surface area contributed by atoms with Crippen molar-refractivity contribution in [2.24, 2.45) is 0 Å². The topological polar surface area (TPSA) is 66.8 Å². The Morgan fingerprint density at radius 1 is 1.41 bits per heavy atom. The van der Waals surface area contributed by atoms with Gasteiger partial charge in [-0.3, -0.25) is 14.6 Å². The van der Waals surface area contributed by atoms with Crippen LogP contribution in [0, 0.1) is 13.8 Å². The molecule has 1 saturated heterocycles. The summed E-state index contributed by atoms with van der Waals surface area (Å²) in [7, 11) is 0. The van der Waals surface area contributed by atoms with Crippen LogP contribution in [0.3, 0.4) is 0 Å². The average Bonchev–Trinajstić information content (AvgIpc) is 3.12. The molecule has 0 aromatic carbocycles. The summed E-state index contributed by atoms with van der Waals surface area (Å²) < 4.78 is 1.87. The number of hydrogen-bond donors (Lipinski definition) is 1. The standard InChI is InChI=1S/C16H23N5O/c1-4-21-12(3)9-13(19-21)16(22)20-8-6-5-7-14(20)15-11(2)10-17-18-15/h9-10,14H,4-8H2,1-3H3,(H,17,18)/t14-/m1/s1. The first-order chi connectivity index (χ1) is 10.6. The van der Waals surface area contributed by atoms with Gasteiger partial charge in [0.25, 0.3) is 5.91 Å². The molecule has 1 aliphatic heterocycles. The molecule has 2 aromatic heterocycles. The molecule has 0 aliphatic carbocycles. The molecular weight excluding hydrogens is 278 g/mol. The van der Waals surface area contributed by atoms with Gasteiger partial charge >= 0.3 is 0 Å². The van der Waals surface area contributed by atoms with E-state index in [2.05, 4.69) is 15.3 Å². The second-order valence-corrected chi connectivity index (χ2v) is 5.96. The fourth-order valence-corrected chi connectivity index (χ4v) is 3.25. The Morgan fingerprint density at radius 3 is 2.86 bits per heavy atom. The van der Waals surface area contributed by atoms with Gasteiger partial charge < -0.3 is 4.90 Å². The molecule has 2 aromatic rings. The molecule has 0 radical (unpaired) electrons. The van der Waals surface area contributed by atoms with E-state index in [4.69, 9.17) is 0 Å². The minimum atomic E-state index is 0.0222. The number of likely N-dealkylation sites (tertiary alicyclic amines) is 1. The van der Waals surface area contributed by atoms with Crippen molar-refractivity contribution in [3.8, 4) is 0 Å². The second kappa shape index (κ2) is 5.94. The summed E-state index contributed by atoms with van der Waals surface area (Å²) in [6.07, 6.45) is 4.98. The summed E-state index contributed by atoms with van der Waals surface area (Å²) in [4.78, 5) is 14.9. The molecule has 1 fully saturated rings. The van der Waals surface area contributed by atoms with Crippen molar-refractivity contribution in [3.05, 3.63) is 34.9 Å². The van der Waals surface area contributed by atoms with Crippen molar-refractivity contribution in [2.45, 2.75) is 52.6 Å². The second-order valence-electron chi connectivity index (χ2n) is 5.96. The van der Waals surface area contributed by atoms with Crippen LogP contribution in [-0.4, -0.2) is 37.3 Å². The van der Waals surface area contributed by atoms with Crippen LogP contribution >= 0.6 is 0 Å². The van der Waals surface area contributed by atoms with Crippen LogP contribution in [0.25, 0.3) is 0 Å². The van der Waals surface area contributed by atoms with Gasteiger partial charge in [0.1, 0.15) is 0 Å². The number of H-pyrrole nitrogens is 1. The van der Waals surface area contributed by atoms with E-state index in [-0.39, 0.29) is 11.9 Å². The number of amides is 1. The van der Waals surface area contributed by atoms with Gasteiger partial charge in [0.05, 0.1) is 17.9 Å². The lowest BCUT2D eigenvalue weighted by molar-refractivity contribution is 0.0598. The summed E-state index contributed by atoms with van der Waals surface area (Å²) in [6, 6.07) is 1.97. The summed E-state index contributed by atoms with van der Waals surface area (Å²) >= 11 is 0. The van der Waals surface area contributed by atoms with Crippen molar-refractivity contribution >= 4 is 5.91 Å². The van der Waals surface area contributed by atoms with Crippen LogP contribution in [0.15, 0.2) is 12.3 Å². The van der Waals surface area contributed by atoms with Crippen LogP contribution in [0.5, 0.6) is 0 Å². The molecule has 1 amide bonds. The molecule has 6 nitrogen and oxygen atoms in total. The Bertz CT molecular complexity index is 672. The molecule has 3 heterocycles. The monoisotopic (exact) mass is 301 g/mol. The van der Waals surface area contributed by atoms with Crippen molar-refractivity contribution in [1.29, 1.82) is 0 Å². The Labute approximate surface area is 130 Å². The number of nitrogens with zero attached hydrogens (tertiary/aromatic N) is 4. The number of hydrogen-bond acceptors (Lipinski definition) is 3. The van der Waals surface area contributed by atoms with Crippen LogP contribution in [-0.2, 0) is 6.54 Å². The Balaban J connectivity index is 1.90. The molecule has 22 heavy (non-hydrogen) atoms. The fraction of sp³-hybridized carbons (Fsp3) is 0.562. The molecule has 1 atom stereocenters. The third-order valence-electron chi connectivity index (χ3n) is 4.46. The molecule has 6 heteroatoms. The van der Waals surface area contributed by atoms with E-state index in [1.54, 1.807) is 0 Å². The third-order valence-corrected chi connectivity index (χ3v) is 4.46. The fourth-order valence-electron chi connectivity index (χ4n) is 3.25. The van der Waals surface area contributed by atoms with Gasteiger partial charge in [-0.1, -0.05) is 0 Å². The van der Waals surface area contributed by atoms with Gasteiger partial charge in [-0.15, -0.1) is 0 Å². The molecule has 0 unspecified atom stereocenters. The van der Waals surface area contributed by atoms with E-state index in [9.17, 15) is 4.79 Å². The number of nitrogens with one attached hydrogen (secondary N) is 1. The maximum atomic E-state index is 12.9. The third kappa shape index (κ3) is 2.53. The minimum Gasteiger partial charge on any atom is -0.329 e. The number of carbonyl (C=O) groups excluding carboxylic acids is 1. The number of aromatic nitrogens is 4. The van der Waals surface area contributed by atoms with Gasteiger partial charge in [0.15, 0.2) is 5.69 Å². The Morgan fingerprint density at radius 2 is 2.23 bits per heavy atom. The van der Waals surface area contributed by atoms with Gasteiger partial charge in [-0.05, 0) is 51.7 Å². The van der Waals surface area contributed by atoms with Crippen molar-refractivity contribution in [1.82, 2.24) is 24.9 Å². The van der Waals surface area contributed by atoms with E-state index < -0.39 is 0 Å². The molecule has 1 aliphatic rings. The first-order valence-electron chi connectivity index (χ1n) is 7.97. The molecule has 0 spiro atoms. The van der Waals surface area contributed by atoms with E-state index in [1.165, 1.54) is 0 Å². The number of carbonyl (C=O) groups is 1. The summed E-state index contributed by atoms with van der Waals surface area (Å²) in [5.74, 6) is 0.0222. The maximum Gasteiger partial charge on any atom is 0.274 e. The van der Waals surface area contributed by atoms with Gasteiger partial charge in [0.2, 0.25) is 0 Å². The van der Waals surface area contributed by atoms with E-state index in [0.29, 0.717) is 5.69 Å². The SMILES string of the molecule is CCn1nc(C(=O)N2CCCC[C@@H]2c2[nH]ncc2C)cc1C. The molecule has 0 saturated carbocycles. The zero-order valence-electron chi connectivity index (χ0n) is 13.5. The Kier molecular flexibility index (Phi) is 4.00. The van der Waals surface area contributed by atoms with Gasteiger partial charge in [-0.25, -0.2) is 0 Å². The van der Waals surface area contributed by atoms with Gasteiger partial charge in [-0.2, -0.15) is 10.2 Å². The highest BCUT2D eigenvalue weighted by atomic mass is 16.2. The van der Waals surface area contributed by atoms with E-state index in [0.717, 1.165) is 49.3 Å². The first kappa shape index (κ1) is 14.8. The van der Waals surface area contributed by atoms with E-state index >= 15 is 0 Å². The maximum absolute atomic E-state index is 12.9. The zero-order valence-corrected chi connectivity index (χ0v) is 13.5. The largest absolute Gasteiger partial charge is 0.329 e. The van der Waals surface area contributed by atoms with Crippen molar-refractivity contribution < 1.29 is 4.79 Å². The predicted octanol–water partition coefficient (Wildman–Crippen LogP) is 2.61. The molecule has 3 rings (SSSR count). The number of aromatic amines is 1. The lowest BCUT2D eigenvalue weighted by Gasteiger charge is -2.35.